The maximum absolute atomic E-state index is 9.49. The van der Waals surface area contributed by atoms with Crippen LogP contribution in [0, 0.1) is 0 Å². The van der Waals surface area contributed by atoms with Gasteiger partial charge in [-0.2, -0.15) is 0 Å². The van der Waals surface area contributed by atoms with E-state index in [0.29, 0.717) is 0 Å². The summed E-state index contributed by atoms with van der Waals surface area (Å²) in [6.07, 6.45) is 13.2. The third-order valence-electron chi connectivity index (χ3n) is 5.16. The summed E-state index contributed by atoms with van der Waals surface area (Å²) < 4.78 is 9.97. The molecule has 0 saturated heterocycles. The molecule has 6 heteroatoms. The maximum atomic E-state index is 9.49. The van der Waals surface area contributed by atoms with E-state index in [1.807, 2.05) is 0 Å². The summed E-state index contributed by atoms with van der Waals surface area (Å²) in [7, 11) is 0. The van der Waals surface area contributed by atoms with Gasteiger partial charge in [-0.1, -0.05) is 13.2 Å². The van der Waals surface area contributed by atoms with Crippen molar-refractivity contribution in [2.45, 2.75) is 140 Å². The van der Waals surface area contributed by atoms with Crippen LogP contribution >= 0.6 is 0 Å². The van der Waals surface area contributed by atoms with Crippen molar-refractivity contribution in [2.24, 2.45) is 0 Å². The number of carboxylic acid groups (broad SMARTS) is 2. The van der Waals surface area contributed by atoms with Gasteiger partial charge in [0.1, 0.15) is 0 Å². The van der Waals surface area contributed by atoms with Gasteiger partial charge in [-0.25, -0.2) is 0 Å². The molecule has 0 saturated carbocycles. The van der Waals surface area contributed by atoms with E-state index in [4.69, 9.17) is 0 Å². The third-order valence-corrected chi connectivity index (χ3v) is 24.6. The molecule has 35 heavy (non-hydrogen) atoms. The number of carboxylic acids is 2. The summed E-state index contributed by atoms with van der Waals surface area (Å²) >= 11 is -1.60. The normalized spacial score (nSPS) is 9.26. The molecule has 0 heterocycles. The second-order valence-corrected chi connectivity index (χ2v) is 26.3. The number of hydrogen-bond donors (Lipinski definition) is 0. The fourth-order valence-electron chi connectivity index (χ4n) is 3.09. The fourth-order valence-corrected chi connectivity index (χ4v) is 20.7. The Morgan fingerprint density at radius 3 is 0.857 bits per heavy atom. The molecule has 0 aromatic heterocycles. The fraction of sp³-hybridized carbons (Fsp3) is 0.793. The van der Waals surface area contributed by atoms with Crippen molar-refractivity contribution in [1.29, 1.82) is 0 Å². The Kier molecular flexibility index (Phi) is 40.9. The van der Waals surface area contributed by atoms with Crippen LogP contribution in [0.4, 0.5) is 0 Å². The first-order valence-corrected chi connectivity index (χ1v) is 26.0. The van der Waals surface area contributed by atoms with Crippen LogP contribution < -0.4 is 10.2 Å². The molecule has 0 N–H and O–H groups in total. The molecule has 0 radical (unpaired) electrons. The Morgan fingerprint density at radius 1 is 0.514 bits per heavy atom. The van der Waals surface area contributed by atoms with E-state index in [2.05, 4.69) is 54.7 Å². The molecule has 0 rings (SSSR count). The van der Waals surface area contributed by atoms with Crippen molar-refractivity contribution in [3.8, 4) is 0 Å². The minimum atomic E-state index is -1.19. The van der Waals surface area contributed by atoms with Gasteiger partial charge in [0, 0.05) is 0 Å². The Hall–Kier alpha value is 0.0174. The Balaban J connectivity index is -0.000000194. The SMILES string of the molecule is C=C(C)C(=O)[O-].C=C(C)C(=O)[O-].CCC[CH2][Sn+]([CH2]CCC)[CH2]CCC.CC[CH2][Sn+]([CH2]CC)[CH2]CC. The second-order valence-electron chi connectivity index (χ2n) is 9.20. The van der Waals surface area contributed by atoms with Gasteiger partial charge in [-0.3, -0.25) is 0 Å². The molecule has 0 aromatic rings. The molecule has 206 valence electrons. The molecule has 0 amide bonds. The van der Waals surface area contributed by atoms with Gasteiger partial charge in [-0.05, 0) is 25.0 Å². The monoisotopic (exact) mass is 710 g/mol. The van der Waals surface area contributed by atoms with E-state index < -0.39 is 51.5 Å². The zero-order valence-electron chi connectivity index (χ0n) is 24.7. The Morgan fingerprint density at radius 2 is 0.714 bits per heavy atom. The summed E-state index contributed by atoms with van der Waals surface area (Å²) in [5.41, 5.74) is 0.130. The minimum absolute atomic E-state index is 0.0648. The van der Waals surface area contributed by atoms with Crippen LogP contribution in [-0.2, 0) is 9.59 Å². The number of unbranched alkanes of at least 4 members (excludes halogenated alkanes) is 3. The molecule has 0 fully saturated rings. The third kappa shape index (κ3) is 41.4. The van der Waals surface area contributed by atoms with E-state index in [1.54, 1.807) is 26.6 Å². The number of carbonyl (C=O) groups excluding carboxylic acids is 2. The van der Waals surface area contributed by atoms with Gasteiger partial charge in [0.25, 0.3) is 0 Å². The predicted molar refractivity (Wildman–Crippen MR) is 156 cm³/mol. The van der Waals surface area contributed by atoms with Crippen molar-refractivity contribution in [3.05, 3.63) is 24.3 Å². The van der Waals surface area contributed by atoms with Gasteiger partial charge in [0.2, 0.25) is 0 Å². The number of carbonyl (C=O) groups is 2. The Bertz CT molecular complexity index is 426. The molecule has 4 nitrogen and oxygen atoms in total. The second kappa shape index (κ2) is 34.0. The number of rotatable bonds is 17. The standard InChI is InChI=1S/2C4H6O2.3C4H9.3C3H7.2Sn/c2*1-3(2)4(5)6;3*1-3-4-2;3*1-3-2;;/h2*1H2,2H3,(H,5,6);3*1,3-4H2,2H3;3*1,3H2,2H3;;/q;;;;;;;;2*+1/p-2. The van der Waals surface area contributed by atoms with E-state index in [1.165, 1.54) is 71.6 Å². The van der Waals surface area contributed by atoms with Crippen molar-refractivity contribution >= 4 is 51.5 Å². The molecule has 0 unspecified atom stereocenters. The van der Waals surface area contributed by atoms with Gasteiger partial charge in [0.05, 0.1) is 11.9 Å². The number of aliphatic carboxylic acids is 2. The number of hydrogen-bond acceptors (Lipinski definition) is 4. The first kappa shape index (κ1) is 42.1. The summed E-state index contributed by atoms with van der Waals surface area (Å²) in [4.78, 5) is 19.0. The summed E-state index contributed by atoms with van der Waals surface area (Å²) in [5.74, 6) is -2.37. The first-order valence-electron chi connectivity index (χ1n) is 13.9. The first-order chi connectivity index (χ1) is 16.5. The molecule has 0 atom stereocenters. The molecule has 0 bridgehead atoms. The van der Waals surface area contributed by atoms with E-state index in [9.17, 15) is 19.8 Å². The molecular formula is C29H58O4Sn2. The summed E-state index contributed by atoms with van der Waals surface area (Å²) in [6, 6.07) is 0. The molecule has 0 aliphatic heterocycles. The van der Waals surface area contributed by atoms with Gasteiger partial charge >= 0.3 is 165 Å². The molecule has 0 aliphatic rings. The van der Waals surface area contributed by atoms with Gasteiger partial charge < -0.3 is 19.8 Å². The zero-order valence-corrected chi connectivity index (χ0v) is 30.4. The Labute approximate surface area is 233 Å². The molecule has 0 spiro atoms. The van der Waals surface area contributed by atoms with Crippen LogP contribution in [0.15, 0.2) is 24.3 Å². The van der Waals surface area contributed by atoms with Crippen LogP contribution in [-0.4, -0.2) is 51.5 Å². The van der Waals surface area contributed by atoms with E-state index in [0.717, 1.165) is 0 Å². The van der Waals surface area contributed by atoms with Crippen molar-refractivity contribution in [3.63, 3.8) is 0 Å². The molecule has 0 aliphatic carbocycles. The van der Waals surface area contributed by atoms with Crippen LogP contribution in [0.3, 0.4) is 0 Å². The van der Waals surface area contributed by atoms with Crippen LogP contribution in [0.25, 0.3) is 0 Å². The van der Waals surface area contributed by atoms with Crippen molar-refractivity contribution in [1.82, 2.24) is 0 Å². The summed E-state index contributed by atoms with van der Waals surface area (Å²) in [5, 5.41) is 19.0. The molecular weight excluding hydrogens is 650 g/mol. The molecule has 0 aromatic carbocycles. The van der Waals surface area contributed by atoms with Gasteiger partial charge in [-0.15, -0.1) is 0 Å². The summed E-state index contributed by atoms with van der Waals surface area (Å²) in [6.45, 7) is 23.0. The predicted octanol–water partition coefficient (Wildman–Crippen LogP) is 7.22. The average molecular weight is 708 g/mol. The average Bonchev–Trinajstić information content (AvgIpc) is 2.80. The topological polar surface area (TPSA) is 80.3 Å². The van der Waals surface area contributed by atoms with Crippen LogP contribution in [0.2, 0.25) is 26.6 Å². The van der Waals surface area contributed by atoms with Crippen LogP contribution in [0.5, 0.6) is 0 Å². The van der Waals surface area contributed by atoms with E-state index in [-0.39, 0.29) is 11.1 Å². The van der Waals surface area contributed by atoms with Crippen molar-refractivity contribution < 1.29 is 19.8 Å². The van der Waals surface area contributed by atoms with Gasteiger partial charge in [0.15, 0.2) is 0 Å². The van der Waals surface area contributed by atoms with Crippen molar-refractivity contribution in [2.75, 3.05) is 0 Å². The van der Waals surface area contributed by atoms with E-state index >= 15 is 0 Å². The van der Waals surface area contributed by atoms with Crippen LogP contribution in [0.1, 0.15) is 113 Å². The zero-order chi connectivity index (χ0) is 28.1. The quantitative estimate of drug-likeness (QED) is 0.118.